The fraction of sp³-hybridized carbons (Fsp3) is 0.455. The van der Waals surface area contributed by atoms with Gasteiger partial charge < -0.3 is 19.5 Å². The van der Waals surface area contributed by atoms with Gasteiger partial charge in [-0.1, -0.05) is 13.2 Å². The number of likely N-dealkylation sites (N-methyl/N-ethyl adjacent to an activating group) is 1. The van der Waals surface area contributed by atoms with E-state index in [0.717, 1.165) is 12.6 Å². The van der Waals surface area contributed by atoms with Crippen LogP contribution in [0.15, 0.2) is 24.8 Å². The van der Waals surface area contributed by atoms with E-state index in [9.17, 15) is 4.79 Å². The first-order valence-corrected chi connectivity index (χ1v) is 4.76. The molecule has 0 saturated carbocycles. The zero-order valence-electron chi connectivity index (χ0n) is 10.0. The number of hydrogen-bond donors (Lipinski definition) is 1. The molecule has 0 aliphatic heterocycles. The summed E-state index contributed by atoms with van der Waals surface area (Å²) in [5.41, 5.74) is 0.457. The molecule has 5 heteroatoms. The summed E-state index contributed by atoms with van der Waals surface area (Å²) >= 11 is 0. The molecule has 16 heavy (non-hydrogen) atoms. The van der Waals surface area contributed by atoms with Gasteiger partial charge in [-0.3, -0.25) is 0 Å². The maximum atomic E-state index is 10.8. The Kier molecular flexibility index (Phi) is 10.4. The third-order valence-corrected chi connectivity index (χ3v) is 1.35. The minimum atomic E-state index is -1.23. The maximum absolute atomic E-state index is 10.8. The van der Waals surface area contributed by atoms with Crippen molar-refractivity contribution in [1.29, 1.82) is 0 Å². The van der Waals surface area contributed by atoms with Gasteiger partial charge in [-0.05, 0) is 13.0 Å². The zero-order chi connectivity index (χ0) is 13.1. The van der Waals surface area contributed by atoms with E-state index in [4.69, 9.17) is 14.6 Å². The molecule has 0 spiro atoms. The Labute approximate surface area is 96.0 Å². The van der Waals surface area contributed by atoms with Gasteiger partial charge in [0.2, 0.25) is 0 Å². The number of esters is 1. The Morgan fingerprint density at radius 2 is 1.88 bits per heavy atom. The predicted molar refractivity (Wildman–Crippen MR) is 58.7 cm³/mol. The van der Waals surface area contributed by atoms with E-state index in [-0.39, 0.29) is 5.97 Å². The van der Waals surface area contributed by atoms with Crippen molar-refractivity contribution in [3.05, 3.63) is 24.8 Å². The smallest absolute Gasteiger partial charge is 0.333 e. The van der Waals surface area contributed by atoms with E-state index in [1.807, 2.05) is 14.1 Å². The van der Waals surface area contributed by atoms with Gasteiger partial charge in [0.25, 0.3) is 0 Å². The molecule has 0 aromatic rings. The molecular weight excluding hydrogens is 210 g/mol. The summed E-state index contributed by atoms with van der Waals surface area (Å²) in [4.78, 5) is 21.2. The van der Waals surface area contributed by atoms with E-state index in [1.165, 1.54) is 4.90 Å². The normalized spacial score (nSPS) is 8.75. The molecule has 0 aromatic heterocycles. The van der Waals surface area contributed by atoms with E-state index in [1.54, 1.807) is 6.92 Å². The van der Waals surface area contributed by atoms with Crippen LogP contribution in [-0.2, 0) is 14.3 Å². The van der Waals surface area contributed by atoms with E-state index in [2.05, 4.69) is 13.2 Å². The van der Waals surface area contributed by atoms with Gasteiger partial charge in [-0.25, -0.2) is 4.79 Å². The van der Waals surface area contributed by atoms with Gasteiger partial charge in [0, 0.05) is 5.57 Å². The Balaban J connectivity index is 0. The fourth-order valence-electron chi connectivity index (χ4n) is 0.471. The first-order chi connectivity index (χ1) is 7.31. The molecule has 0 heterocycles. The van der Waals surface area contributed by atoms with Crippen LogP contribution in [0.3, 0.4) is 0 Å². The third kappa shape index (κ3) is 14.9. The average molecular weight is 229 g/mol. The lowest BCUT2D eigenvalue weighted by atomic mass is 10.4. The molecule has 0 aliphatic carbocycles. The number of ether oxygens (including phenoxy) is 1. The van der Waals surface area contributed by atoms with Crippen molar-refractivity contribution in [3.63, 3.8) is 0 Å². The van der Waals surface area contributed by atoms with Crippen LogP contribution in [0.2, 0.25) is 0 Å². The highest BCUT2D eigenvalue weighted by atomic mass is 16.5. The fourth-order valence-corrected chi connectivity index (χ4v) is 0.471. The number of nitrogens with one attached hydrogen (secondary N) is 1. The summed E-state index contributed by atoms with van der Waals surface area (Å²) in [6.45, 7) is 9.31. The molecule has 0 atom stereocenters. The summed E-state index contributed by atoms with van der Waals surface area (Å²) < 4.78 is 4.85. The van der Waals surface area contributed by atoms with Crippen LogP contribution in [-0.4, -0.2) is 39.2 Å². The number of carbonyl (C=O) groups is 2. The maximum Gasteiger partial charge on any atom is 0.333 e. The molecule has 0 aromatic carbocycles. The second kappa shape index (κ2) is 9.92. The second-order valence-corrected chi connectivity index (χ2v) is 3.40. The number of quaternary nitrogens is 1. The Bertz CT molecular complexity index is 259. The van der Waals surface area contributed by atoms with Crippen molar-refractivity contribution in [1.82, 2.24) is 0 Å². The monoisotopic (exact) mass is 229 g/mol. The van der Waals surface area contributed by atoms with Gasteiger partial charge in [0.15, 0.2) is 0 Å². The molecule has 5 nitrogen and oxygen atoms in total. The Morgan fingerprint density at radius 1 is 1.44 bits per heavy atom. The zero-order valence-corrected chi connectivity index (χ0v) is 10.0. The van der Waals surface area contributed by atoms with Gasteiger partial charge in [0.1, 0.15) is 13.2 Å². The lowest BCUT2D eigenvalue weighted by Gasteiger charge is -2.07. The minimum Gasteiger partial charge on any atom is -0.545 e. The highest BCUT2D eigenvalue weighted by molar-refractivity contribution is 5.86. The van der Waals surface area contributed by atoms with E-state index >= 15 is 0 Å². The minimum absolute atomic E-state index is 0.300. The van der Waals surface area contributed by atoms with Crippen LogP contribution >= 0.6 is 0 Å². The summed E-state index contributed by atoms with van der Waals surface area (Å²) in [7, 11) is 4.02. The number of carbonyl (C=O) groups excluding carboxylic acids is 2. The van der Waals surface area contributed by atoms with E-state index < -0.39 is 5.97 Å². The van der Waals surface area contributed by atoms with Gasteiger partial charge in [-0.2, -0.15) is 0 Å². The lowest BCUT2D eigenvalue weighted by Crippen LogP contribution is -3.06. The van der Waals surface area contributed by atoms with Gasteiger partial charge in [-0.15, -0.1) is 0 Å². The molecule has 0 rings (SSSR count). The summed E-state index contributed by atoms with van der Waals surface area (Å²) in [5, 5.41) is 9.14. The van der Waals surface area contributed by atoms with Crippen molar-refractivity contribution >= 4 is 11.9 Å². The van der Waals surface area contributed by atoms with Crippen LogP contribution in [0.1, 0.15) is 6.92 Å². The van der Waals surface area contributed by atoms with Crippen LogP contribution in [0.25, 0.3) is 0 Å². The Morgan fingerprint density at radius 3 is 2.12 bits per heavy atom. The molecule has 0 bridgehead atoms. The average Bonchev–Trinajstić information content (AvgIpc) is 2.17. The Hall–Kier alpha value is -1.62. The number of carboxylic acids is 1. The number of hydrogen-bond acceptors (Lipinski definition) is 4. The number of aliphatic carboxylic acids is 1. The molecule has 92 valence electrons. The van der Waals surface area contributed by atoms with E-state index in [0.29, 0.717) is 12.2 Å². The summed E-state index contributed by atoms with van der Waals surface area (Å²) in [6, 6.07) is 0. The van der Waals surface area contributed by atoms with Crippen molar-refractivity contribution in [3.8, 4) is 0 Å². The van der Waals surface area contributed by atoms with Crippen molar-refractivity contribution in [2.24, 2.45) is 0 Å². The molecule has 0 aliphatic rings. The molecule has 0 amide bonds. The molecule has 0 unspecified atom stereocenters. The lowest BCUT2D eigenvalue weighted by molar-refractivity contribution is -0.858. The summed E-state index contributed by atoms with van der Waals surface area (Å²) in [5.74, 6) is -1.53. The van der Waals surface area contributed by atoms with Crippen LogP contribution in [0.5, 0.6) is 0 Å². The number of rotatable bonds is 5. The molecular formula is C11H19NO4. The van der Waals surface area contributed by atoms with Crippen molar-refractivity contribution in [2.45, 2.75) is 6.92 Å². The van der Waals surface area contributed by atoms with Crippen LogP contribution in [0.4, 0.5) is 0 Å². The highest BCUT2D eigenvalue weighted by Crippen LogP contribution is 1.89. The largest absolute Gasteiger partial charge is 0.545 e. The first kappa shape index (κ1) is 16.8. The molecule has 1 N–H and O–H groups in total. The summed E-state index contributed by atoms with van der Waals surface area (Å²) in [6.07, 6.45) is 0.722. The second-order valence-electron chi connectivity index (χ2n) is 3.40. The SMILES string of the molecule is C=C(C)C(=O)OCC[NH+](C)C.C=CC(=O)[O-]. The van der Waals surface area contributed by atoms with Gasteiger partial charge in [0.05, 0.1) is 20.1 Å². The van der Waals surface area contributed by atoms with Crippen molar-refractivity contribution in [2.75, 3.05) is 27.2 Å². The standard InChI is InChI=1S/C8H15NO2.C3H4O2/c1-7(2)8(10)11-6-5-9(3)4;1-2-3(4)5/h1,5-6H2,2-4H3;2H,1H2,(H,4,5). The first-order valence-electron chi connectivity index (χ1n) is 4.76. The van der Waals surface area contributed by atoms with Crippen molar-refractivity contribution < 1.29 is 24.3 Å². The molecule has 0 fully saturated rings. The quantitative estimate of drug-likeness (QED) is 0.445. The number of carboxylic acid groups (broad SMARTS) is 1. The van der Waals surface area contributed by atoms with Crippen LogP contribution in [0, 0.1) is 0 Å². The highest BCUT2D eigenvalue weighted by Gasteiger charge is 2.02. The topological polar surface area (TPSA) is 70.9 Å². The molecule has 0 saturated heterocycles. The van der Waals surface area contributed by atoms with Gasteiger partial charge >= 0.3 is 5.97 Å². The predicted octanol–water partition coefficient (Wildman–Crippen LogP) is -1.83. The third-order valence-electron chi connectivity index (χ3n) is 1.35. The molecule has 0 radical (unpaired) electrons. The van der Waals surface area contributed by atoms with Crippen LogP contribution < -0.4 is 10.0 Å².